The molecule has 0 aliphatic carbocycles. The molecule has 1 N–H and O–H groups in total. The number of benzene rings is 2. The predicted molar refractivity (Wildman–Crippen MR) is 117 cm³/mol. The van der Waals surface area contributed by atoms with Crippen molar-refractivity contribution in [3.05, 3.63) is 69.4 Å². The van der Waals surface area contributed by atoms with Gasteiger partial charge in [-0.2, -0.15) is 0 Å². The average Bonchev–Trinajstić information content (AvgIpc) is 3.10. The van der Waals surface area contributed by atoms with Gasteiger partial charge in [0.1, 0.15) is 17.0 Å². The van der Waals surface area contributed by atoms with Gasteiger partial charge in [0.2, 0.25) is 0 Å². The molecule has 0 unspecified atom stereocenters. The highest BCUT2D eigenvalue weighted by atomic mass is 35.5. The van der Waals surface area contributed by atoms with Gasteiger partial charge in [-0.15, -0.1) is 0 Å². The van der Waals surface area contributed by atoms with E-state index in [2.05, 4.69) is 15.4 Å². The summed E-state index contributed by atoms with van der Waals surface area (Å²) in [5.41, 5.74) is 2.92. The molecule has 1 aliphatic heterocycles. The van der Waals surface area contributed by atoms with Gasteiger partial charge in [-0.25, -0.2) is 0 Å². The van der Waals surface area contributed by atoms with Crippen molar-refractivity contribution in [3.63, 3.8) is 0 Å². The van der Waals surface area contributed by atoms with E-state index in [1.54, 1.807) is 25.1 Å². The molecular formula is C22H21Cl2N3O3. The van der Waals surface area contributed by atoms with Gasteiger partial charge in [0.25, 0.3) is 5.91 Å². The number of anilines is 1. The Morgan fingerprint density at radius 3 is 2.57 bits per heavy atom. The first-order valence-electron chi connectivity index (χ1n) is 9.64. The SMILES string of the molecule is Cc1onc(-c2c(Cl)cccc2Cl)c1C(=O)Nc1cccc(CN2CCOCC2)c1. The highest BCUT2D eigenvalue weighted by Gasteiger charge is 2.25. The molecule has 1 aromatic heterocycles. The zero-order valence-corrected chi connectivity index (χ0v) is 18.0. The van der Waals surface area contributed by atoms with E-state index in [0.29, 0.717) is 38.3 Å². The first-order valence-corrected chi connectivity index (χ1v) is 10.4. The minimum absolute atomic E-state index is 0.309. The molecule has 8 heteroatoms. The maximum atomic E-state index is 13.1. The van der Waals surface area contributed by atoms with E-state index in [4.69, 9.17) is 32.5 Å². The van der Waals surface area contributed by atoms with Crippen molar-refractivity contribution in [1.82, 2.24) is 10.1 Å². The van der Waals surface area contributed by atoms with E-state index < -0.39 is 0 Å². The second-order valence-electron chi connectivity index (χ2n) is 7.10. The largest absolute Gasteiger partial charge is 0.379 e. The van der Waals surface area contributed by atoms with E-state index in [1.807, 2.05) is 24.3 Å². The second-order valence-corrected chi connectivity index (χ2v) is 7.92. The Hall–Kier alpha value is -2.38. The van der Waals surface area contributed by atoms with Crippen molar-refractivity contribution >= 4 is 34.8 Å². The van der Waals surface area contributed by atoms with Crippen molar-refractivity contribution in [1.29, 1.82) is 0 Å². The molecule has 0 bridgehead atoms. The lowest BCUT2D eigenvalue weighted by Gasteiger charge is -2.26. The molecule has 2 heterocycles. The summed E-state index contributed by atoms with van der Waals surface area (Å²) < 4.78 is 10.7. The van der Waals surface area contributed by atoms with Crippen molar-refractivity contribution in [2.45, 2.75) is 13.5 Å². The fourth-order valence-electron chi connectivity index (χ4n) is 3.49. The van der Waals surface area contributed by atoms with Gasteiger partial charge >= 0.3 is 0 Å². The van der Waals surface area contributed by atoms with Crippen molar-refractivity contribution in [2.24, 2.45) is 0 Å². The van der Waals surface area contributed by atoms with Crippen LogP contribution in [-0.2, 0) is 11.3 Å². The number of aryl methyl sites for hydroxylation is 1. The number of hydrogen-bond donors (Lipinski definition) is 1. The number of rotatable bonds is 5. The Morgan fingerprint density at radius 2 is 1.83 bits per heavy atom. The monoisotopic (exact) mass is 445 g/mol. The fourth-order valence-corrected chi connectivity index (χ4v) is 4.07. The standard InChI is InChI=1S/C22H21Cl2N3O3/c1-14-19(21(26-30-14)20-17(23)6-3-7-18(20)24)22(28)25-16-5-2-4-15(12-16)13-27-8-10-29-11-9-27/h2-7,12H,8-11,13H2,1H3,(H,25,28). The first kappa shape index (κ1) is 20.9. The Balaban J connectivity index is 1.57. The van der Waals surface area contributed by atoms with Gasteiger partial charge in [0.05, 0.1) is 23.3 Å². The molecule has 1 amide bonds. The molecule has 30 heavy (non-hydrogen) atoms. The van der Waals surface area contributed by atoms with Crippen molar-refractivity contribution in [3.8, 4) is 11.3 Å². The zero-order chi connectivity index (χ0) is 21.1. The normalized spacial score (nSPS) is 14.6. The quantitative estimate of drug-likeness (QED) is 0.595. The number of nitrogens with one attached hydrogen (secondary N) is 1. The fraction of sp³-hybridized carbons (Fsp3) is 0.273. The highest BCUT2D eigenvalue weighted by Crippen LogP contribution is 2.37. The van der Waals surface area contributed by atoms with E-state index in [0.717, 1.165) is 38.4 Å². The molecule has 6 nitrogen and oxygen atoms in total. The van der Waals surface area contributed by atoms with Crippen molar-refractivity contribution < 1.29 is 14.1 Å². The van der Waals surface area contributed by atoms with Crippen LogP contribution in [0, 0.1) is 6.92 Å². The van der Waals surface area contributed by atoms with Gasteiger partial charge in [0, 0.05) is 30.9 Å². The average molecular weight is 446 g/mol. The van der Waals surface area contributed by atoms with E-state index in [-0.39, 0.29) is 5.91 Å². The van der Waals surface area contributed by atoms with Crippen LogP contribution in [0.4, 0.5) is 5.69 Å². The van der Waals surface area contributed by atoms with Gasteiger partial charge in [-0.1, -0.05) is 46.6 Å². The van der Waals surface area contributed by atoms with Crippen LogP contribution in [-0.4, -0.2) is 42.3 Å². The van der Waals surface area contributed by atoms with Crippen LogP contribution >= 0.6 is 23.2 Å². The minimum Gasteiger partial charge on any atom is -0.379 e. The molecule has 0 spiro atoms. The number of ether oxygens (including phenoxy) is 1. The summed E-state index contributed by atoms with van der Waals surface area (Å²) in [6.45, 7) is 5.79. The van der Waals surface area contributed by atoms with E-state index >= 15 is 0 Å². The molecule has 1 saturated heterocycles. The third kappa shape index (κ3) is 4.52. The van der Waals surface area contributed by atoms with Crippen molar-refractivity contribution in [2.75, 3.05) is 31.6 Å². The third-order valence-electron chi connectivity index (χ3n) is 4.98. The van der Waals surface area contributed by atoms with Crippen LogP contribution in [0.25, 0.3) is 11.3 Å². The number of amides is 1. The molecule has 2 aromatic carbocycles. The van der Waals surface area contributed by atoms with Crippen LogP contribution in [0.5, 0.6) is 0 Å². The first-order chi connectivity index (χ1) is 14.5. The highest BCUT2D eigenvalue weighted by molar-refractivity contribution is 6.39. The predicted octanol–water partition coefficient (Wildman–Crippen LogP) is 5.04. The maximum absolute atomic E-state index is 13.1. The second kappa shape index (κ2) is 9.18. The third-order valence-corrected chi connectivity index (χ3v) is 5.61. The smallest absolute Gasteiger partial charge is 0.261 e. The molecule has 1 aliphatic rings. The Labute approximate surface area is 184 Å². The van der Waals surface area contributed by atoms with Gasteiger partial charge < -0.3 is 14.6 Å². The van der Waals surface area contributed by atoms with Crippen LogP contribution < -0.4 is 5.32 Å². The van der Waals surface area contributed by atoms with Gasteiger partial charge in [0.15, 0.2) is 0 Å². The summed E-state index contributed by atoms with van der Waals surface area (Å²) >= 11 is 12.6. The minimum atomic E-state index is -0.330. The lowest BCUT2D eigenvalue weighted by Crippen LogP contribution is -2.35. The molecule has 0 radical (unpaired) electrons. The summed E-state index contributed by atoms with van der Waals surface area (Å²) in [6, 6.07) is 12.9. The summed E-state index contributed by atoms with van der Waals surface area (Å²) in [6.07, 6.45) is 0. The summed E-state index contributed by atoms with van der Waals surface area (Å²) in [4.78, 5) is 15.4. The zero-order valence-electron chi connectivity index (χ0n) is 16.5. The summed E-state index contributed by atoms with van der Waals surface area (Å²) in [5, 5.41) is 7.79. The van der Waals surface area contributed by atoms with Crippen LogP contribution in [0.1, 0.15) is 21.7 Å². The molecule has 156 valence electrons. The maximum Gasteiger partial charge on any atom is 0.261 e. The Kier molecular flexibility index (Phi) is 6.39. The number of nitrogens with zero attached hydrogens (tertiary/aromatic N) is 2. The van der Waals surface area contributed by atoms with Gasteiger partial charge in [-0.05, 0) is 36.8 Å². The number of aromatic nitrogens is 1. The van der Waals surface area contributed by atoms with Gasteiger partial charge in [-0.3, -0.25) is 9.69 Å². The topological polar surface area (TPSA) is 67.6 Å². The molecular weight excluding hydrogens is 425 g/mol. The lowest BCUT2D eigenvalue weighted by atomic mass is 10.1. The number of carbonyl (C=O) groups excluding carboxylic acids is 1. The molecule has 4 rings (SSSR count). The Morgan fingerprint density at radius 1 is 1.13 bits per heavy atom. The number of hydrogen-bond acceptors (Lipinski definition) is 5. The number of carbonyl (C=O) groups is 1. The van der Waals surface area contributed by atoms with Crippen LogP contribution in [0.2, 0.25) is 10.0 Å². The number of halogens is 2. The van der Waals surface area contributed by atoms with Crippen LogP contribution in [0.15, 0.2) is 47.0 Å². The van der Waals surface area contributed by atoms with E-state index in [9.17, 15) is 4.79 Å². The molecule has 0 atom stereocenters. The Bertz CT molecular complexity index is 1040. The molecule has 3 aromatic rings. The molecule has 0 saturated carbocycles. The lowest BCUT2D eigenvalue weighted by molar-refractivity contribution is 0.0342. The van der Waals surface area contributed by atoms with E-state index in [1.165, 1.54) is 0 Å². The van der Waals surface area contributed by atoms with Crippen LogP contribution in [0.3, 0.4) is 0 Å². The number of morpholine rings is 1. The molecule has 1 fully saturated rings. The summed E-state index contributed by atoms with van der Waals surface area (Å²) in [5.74, 6) is 0.0613. The summed E-state index contributed by atoms with van der Waals surface area (Å²) in [7, 11) is 0.